The molecule has 8 heteroatoms. The van der Waals surface area contributed by atoms with Crippen molar-refractivity contribution in [2.45, 2.75) is 49.2 Å². The van der Waals surface area contributed by atoms with Gasteiger partial charge in [-0.15, -0.1) is 11.8 Å². The molecular weight excluding hydrogens is 436 g/mol. The molecule has 1 unspecified atom stereocenters. The second kappa shape index (κ2) is 10.7. The Morgan fingerprint density at radius 3 is 2.35 bits per heavy atom. The van der Waals surface area contributed by atoms with E-state index < -0.39 is 11.2 Å². The third kappa shape index (κ3) is 6.48. The van der Waals surface area contributed by atoms with Crippen LogP contribution in [0.15, 0.2) is 47.4 Å². The summed E-state index contributed by atoms with van der Waals surface area (Å²) in [5.41, 5.74) is 1.06. The smallest absolute Gasteiger partial charge is 0.335 e. The van der Waals surface area contributed by atoms with Gasteiger partial charge in [-0.25, -0.2) is 4.79 Å². The van der Waals surface area contributed by atoms with Crippen molar-refractivity contribution in [1.82, 2.24) is 0 Å². The number of carbonyl (C=O) groups is 3. The van der Waals surface area contributed by atoms with Gasteiger partial charge in [-0.2, -0.15) is 0 Å². The summed E-state index contributed by atoms with van der Waals surface area (Å²) in [7, 11) is 0. The van der Waals surface area contributed by atoms with E-state index in [-0.39, 0.29) is 34.0 Å². The van der Waals surface area contributed by atoms with Crippen LogP contribution in [0.1, 0.15) is 49.4 Å². The number of aromatic carboxylic acids is 1. The first-order chi connectivity index (χ1) is 14.8. The summed E-state index contributed by atoms with van der Waals surface area (Å²) in [5.74, 6) is -1.21. The highest BCUT2D eigenvalue weighted by Gasteiger charge is 2.21. The number of halogens is 1. The monoisotopic (exact) mass is 460 g/mol. The number of carboxylic acid groups (broad SMARTS) is 1. The molecule has 3 N–H and O–H groups in total. The maximum Gasteiger partial charge on any atom is 0.335 e. The van der Waals surface area contributed by atoms with Crippen molar-refractivity contribution in [3.8, 4) is 0 Å². The van der Waals surface area contributed by atoms with E-state index in [9.17, 15) is 14.4 Å². The molecule has 0 saturated heterocycles. The van der Waals surface area contributed by atoms with E-state index in [1.807, 2.05) is 24.3 Å². The molecule has 1 fully saturated rings. The molecule has 2 aromatic carbocycles. The van der Waals surface area contributed by atoms with Gasteiger partial charge in [0, 0.05) is 16.5 Å². The summed E-state index contributed by atoms with van der Waals surface area (Å²) < 4.78 is 0. The Bertz CT molecular complexity index is 959. The Balaban J connectivity index is 1.56. The van der Waals surface area contributed by atoms with Crippen LogP contribution in [0.3, 0.4) is 0 Å². The number of benzene rings is 2. The Morgan fingerprint density at radius 1 is 1.03 bits per heavy atom. The van der Waals surface area contributed by atoms with Gasteiger partial charge in [0.05, 0.1) is 21.5 Å². The molecule has 1 atom stereocenters. The van der Waals surface area contributed by atoms with Crippen molar-refractivity contribution in [2.75, 3.05) is 10.6 Å². The van der Waals surface area contributed by atoms with Crippen LogP contribution in [0, 0.1) is 5.92 Å². The van der Waals surface area contributed by atoms with E-state index in [0.717, 1.165) is 36.3 Å². The van der Waals surface area contributed by atoms with Gasteiger partial charge in [-0.05, 0) is 62.2 Å². The molecule has 0 spiro atoms. The Kier molecular flexibility index (Phi) is 7.98. The molecule has 0 bridgehead atoms. The minimum atomic E-state index is -1.09. The number of carbonyl (C=O) groups excluding carboxylic acids is 2. The molecule has 0 aromatic heterocycles. The molecule has 0 radical (unpaired) electrons. The first-order valence-corrected chi connectivity index (χ1v) is 11.5. The van der Waals surface area contributed by atoms with Crippen LogP contribution in [-0.2, 0) is 9.59 Å². The zero-order valence-corrected chi connectivity index (χ0v) is 18.8. The zero-order valence-electron chi connectivity index (χ0n) is 17.2. The Morgan fingerprint density at radius 2 is 1.71 bits per heavy atom. The van der Waals surface area contributed by atoms with E-state index in [1.165, 1.54) is 36.4 Å². The van der Waals surface area contributed by atoms with Crippen molar-refractivity contribution in [2.24, 2.45) is 5.92 Å². The van der Waals surface area contributed by atoms with Crippen LogP contribution in [0.2, 0.25) is 5.02 Å². The maximum atomic E-state index is 12.5. The quantitative estimate of drug-likeness (QED) is 0.462. The minimum Gasteiger partial charge on any atom is -0.478 e. The lowest BCUT2D eigenvalue weighted by atomic mass is 9.88. The molecule has 0 aliphatic heterocycles. The predicted octanol–water partition coefficient (Wildman–Crippen LogP) is 5.68. The van der Waals surface area contributed by atoms with Gasteiger partial charge in [0.2, 0.25) is 11.8 Å². The number of amides is 2. The van der Waals surface area contributed by atoms with E-state index >= 15 is 0 Å². The van der Waals surface area contributed by atoms with Gasteiger partial charge in [0.1, 0.15) is 0 Å². The molecule has 1 aliphatic rings. The number of nitrogens with one attached hydrogen (secondary N) is 2. The predicted molar refractivity (Wildman–Crippen MR) is 124 cm³/mol. The van der Waals surface area contributed by atoms with Crippen molar-refractivity contribution >= 4 is 52.5 Å². The molecule has 2 aromatic rings. The average Bonchev–Trinajstić information content (AvgIpc) is 2.77. The van der Waals surface area contributed by atoms with Crippen LogP contribution in [0.4, 0.5) is 11.4 Å². The Hall–Kier alpha value is -2.51. The summed E-state index contributed by atoms with van der Waals surface area (Å²) in [6.07, 6.45) is 5.33. The highest BCUT2D eigenvalue weighted by atomic mass is 35.5. The lowest BCUT2D eigenvalue weighted by molar-refractivity contribution is -0.120. The molecule has 3 rings (SSSR count). The van der Waals surface area contributed by atoms with Crippen molar-refractivity contribution < 1.29 is 19.5 Å². The summed E-state index contributed by atoms with van der Waals surface area (Å²) in [6.45, 7) is 1.76. The average molecular weight is 461 g/mol. The summed E-state index contributed by atoms with van der Waals surface area (Å²) in [5, 5.41) is 14.6. The topological polar surface area (TPSA) is 95.5 Å². The molecular formula is C23H25ClN2O4S. The third-order valence-electron chi connectivity index (χ3n) is 5.25. The SMILES string of the molecule is CC(Sc1ccc(NC(=O)C2CCCCC2)cc1)C(=O)Nc1cc(C(=O)O)ccc1Cl. The first-order valence-electron chi connectivity index (χ1n) is 10.2. The second-order valence-corrected chi connectivity index (χ2v) is 9.42. The summed E-state index contributed by atoms with van der Waals surface area (Å²) >= 11 is 7.43. The number of rotatable bonds is 7. The van der Waals surface area contributed by atoms with Gasteiger partial charge in [0.15, 0.2) is 0 Å². The molecule has 6 nitrogen and oxygen atoms in total. The highest BCUT2D eigenvalue weighted by molar-refractivity contribution is 8.00. The first kappa shape index (κ1) is 23.2. The van der Waals surface area contributed by atoms with E-state index in [2.05, 4.69) is 10.6 Å². The van der Waals surface area contributed by atoms with Crippen LogP contribution >= 0.6 is 23.4 Å². The van der Waals surface area contributed by atoms with Gasteiger partial charge >= 0.3 is 5.97 Å². The largest absolute Gasteiger partial charge is 0.478 e. The fraction of sp³-hybridized carbons (Fsp3) is 0.348. The van der Waals surface area contributed by atoms with Crippen molar-refractivity contribution in [3.05, 3.63) is 53.1 Å². The van der Waals surface area contributed by atoms with Crippen LogP contribution in [0.5, 0.6) is 0 Å². The Labute approximate surface area is 190 Å². The summed E-state index contributed by atoms with van der Waals surface area (Å²) in [4.78, 5) is 36.9. The minimum absolute atomic E-state index is 0.0471. The number of thioether (sulfide) groups is 1. The maximum absolute atomic E-state index is 12.5. The number of carboxylic acids is 1. The number of anilines is 2. The van der Waals surface area contributed by atoms with Crippen LogP contribution < -0.4 is 10.6 Å². The van der Waals surface area contributed by atoms with E-state index in [0.29, 0.717) is 0 Å². The molecule has 1 saturated carbocycles. The molecule has 31 heavy (non-hydrogen) atoms. The normalized spacial score (nSPS) is 15.2. The molecule has 164 valence electrons. The third-order valence-corrected chi connectivity index (χ3v) is 6.69. The van der Waals surface area contributed by atoms with Gasteiger partial charge in [-0.1, -0.05) is 30.9 Å². The van der Waals surface area contributed by atoms with Crippen molar-refractivity contribution in [1.29, 1.82) is 0 Å². The summed E-state index contributed by atoms with van der Waals surface area (Å²) in [6, 6.07) is 11.6. The fourth-order valence-electron chi connectivity index (χ4n) is 3.47. The van der Waals surface area contributed by atoms with Gasteiger partial charge < -0.3 is 15.7 Å². The number of hydrogen-bond donors (Lipinski definition) is 3. The lowest BCUT2D eigenvalue weighted by Gasteiger charge is -2.20. The van der Waals surface area contributed by atoms with Gasteiger partial charge in [0.25, 0.3) is 0 Å². The standard InChI is InChI=1S/C23H25ClN2O4S/c1-14(21(27)26-20-13-16(23(29)30)7-12-19(20)24)31-18-10-8-17(9-11-18)25-22(28)15-5-3-2-4-6-15/h7-15H,2-6H2,1H3,(H,25,28)(H,26,27)(H,29,30). The number of hydrogen-bond acceptors (Lipinski definition) is 4. The second-order valence-electron chi connectivity index (χ2n) is 7.60. The fourth-order valence-corrected chi connectivity index (χ4v) is 4.50. The molecule has 2 amide bonds. The van der Waals surface area contributed by atoms with Crippen LogP contribution in [0.25, 0.3) is 0 Å². The zero-order chi connectivity index (χ0) is 22.4. The molecule has 1 aliphatic carbocycles. The molecule has 0 heterocycles. The van der Waals surface area contributed by atoms with E-state index in [4.69, 9.17) is 16.7 Å². The lowest BCUT2D eigenvalue weighted by Crippen LogP contribution is -2.24. The van der Waals surface area contributed by atoms with Gasteiger partial charge in [-0.3, -0.25) is 9.59 Å². The highest BCUT2D eigenvalue weighted by Crippen LogP contribution is 2.29. The van der Waals surface area contributed by atoms with E-state index in [1.54, 1.807) is 6.92 Å². The van der Waals surface area contributed by atoms with Crippen molar-refractivity contribution in [3.63, 3.8) is 0 Å². The van der Waals surface area contributed by atoms with Crippen LogP contribution in [-0.4, -0.2) is 28.1 Å².